The molecule has 2 aromatic rings. The number of carbonyl (C=O) groups is 3. The number of nitrogens with one attached hydrogen (secondary N) is 1. The fourth-order valence-electron chi connectivity index (χ4n) is 5.27. The van der Waals surface area contributed by atoms with Gasteiger partial charge in [0.25, 0.3) is 0 Å². The Morgan fingerprint density at radius 3 is 2.11 bits per heavy atom. The first-order valence-corrected chi connectivity index (χ1v) is 12.3. The predicted molar refractivity (Wildman–Crippen MR) is 133 cm³/mol. The van der Waals surface area contributed by atoms with Gasteiger partial charge in [-0.15, -0.1) is 0 Å². The van der Waals surface area contributed by atoms with Crippen LogP contribution in [0.25, 0.3) is 11.1 Å². The van der Waals surface area contributed by atoms with Gasteiger partial charge < -0.3 is 20.1 Å². The summed E-state index contributed by atoms with van der Waals surface area (Å²) >= 11 is 0. The minimum Gasteiger partial charge on any atom is -0.480 e. The summed E-state index contributed by atoms with van der Waals surface area (Å²) in [4.78, 5) is 38.7. The van der Waals surface area contributed by atoms with E-state index in [1.165, 1.54) is 25.8 Å². The molecule has 1 atom stereocenters. The highest BCUT2D eigenvalue weighted by molar-refractivity contribution is 5.86. The first kappa shape index (κ1) is 24.8. The average Bonchev–Trinajstić information content (AvgIpc) is 3.48. The SMILES string of the molecule is CN(C(=O)CC(NC(=O)OCC1c2ccccc2-c2ccccc21)C1CCCC1)C(C)(C)C(=O)O. The van der Waals surface area contributed by atoms with Crippen LogP contribution in [0.5, 0.6) is 0 Å². The van der Waals surface area contributed by atoms with Crippen molar-refractivity contribution in [2.24, 2.45) is 5.92 Å². The maximum atomic E-state index is 13.0. The van der Waals surface area contributed by atoms with Crippen molar-refractivity contribution >= 4 is 18.0 Å². The van der Waals surface area contributed by atoms with Crippen molar-refractivity contribution in [2.45, 2.75) is 63.5 Å². The molecule has 2 amide bonds. The zero-order chi connectivity index (χ0) is 25.2. The largest absolute Gasteiger partial charge is 0.480 e. The molecule has 4 rings (SSSR count). The van der Waals surface area contributed by atoms with E-state index in [-0.39, 0.29) is 30.8 Å². The molecule has 1 saturated carbocycles. The molecule has 0 spiro atoms. The van der Waals surface area contributed by atoms with Gasteiger partial charge in [0.1, 0.15) is 12.1 Å². The Kier molecular flexibility index (Phi) is 7.15. The molecule has 0 bridgehead atoms. The number of amides is 2. The maximum absolute atomic E-state index is 13.0. The summed E-state index contributed by atoms with van der Waals surface area (Å²) in [6.45, 7) is 3.20. The molecule has 2 aliphatic carbocycles. The van der Waals surface area contributed by atoms with Crippen LogP contribution in [0.2, 0.25) is 0 Å². The van der Waals surface area contributed by atoms with Crippen LogP contribution in [0, 0.1) is 5.92 Å². The molecule has 35 heavy (non-hydrogen) atoms. The first-order chi connectivity index (χ1) is 16.7. The molecule has 2 aromatic carbocycles. The summed E-state index contributed by atoms with van der Waals surface area (Å²) in [5.74, 6) is -1.26. The predicted octanol–water partition coefficient (Wildman–Crippen LogP) is 4.80. The van der Waals surface area contributed by atoms with Crippen molar-refractivity contribution in [1.29, 1.82) is 0 Å². The normalized spacial score (nSPS) is 16.3. The molecule has 0 saturated heterocycles. The Labute approximate surface area is 206 Å². The number of hydrogen-bond donors (Lipinski definition) is 2. The Morgan fingerprint density at radius 1 is 1.03 bits per heavy atom. The van der Waals surface area contributed by atoms with E-state index in [9.17, 15) is 19.5 Å². The van der Waals surface area contributed by atoms with Crippen LogP contribution in [0.15, 0.2) is 48.5 Å². The fourth-order valence-corrected chi connectivity index (χ4v) is 5.27. The molecule has 2 N–H and O–H groups in total. The summed E-state index contributed by atoms with van der Waals surface area (Å²) in [7, 11) is 1.50. The molecule has 0 aliphatic heterocycles. The number of nitrogens with zero attached hydrogens (tertiary/aromatic N) is 1. The van der Waals surface area contributed by atoms with Gasteiger partial charge in [0, 0.05) is 25.4 Å². The summed E-state index contributed by atoms with van der Waals surface area (Å²) in [5.41, 5.74) is 3.27. The van der Waals surface area contributed by atoms with Crippen LogP contribution >= 0.6 is 0 Å². The van der Waals surface area contributed by atoms with E-state index in [0.29, 0.717) is 0 Å². The van der Waals surface area contributed by atoms with Crippen molar-refractivity contribution in [3.63, 3.8) is 0 Å². The highest BCUT2D eigenvalue weighted by Gasteiger charge is 2.38. The van der Waals surface area contributed by atoms with Gasteiger partial charge >= 0.3 is 12.1 Å². The number of ether oxygens (including phenoxy) is 1. The van der Waals surface area contributed by atoms with Crippen LogP contribution in [0.4, 0.5) is 4.79 Å². The second kappa shape index (κ2) is 10.1. The van der Waals surface area contributed by atoms with Gasteiger partial charge in [-0.25, -0.2) is 9.59 Å². The third-order valence-electron chi connectivity index (χ3n) is 7.75. The van der Waals surface area contributed by atoms with Crippen LogP contribution in [-0.2, 0) is 14.3 Å². The molecule has 0 radical (unpaired) electrons. The van der Waals surface area contributed by atoms with E-state index in [1.807, 2.05) is 24.3 Å². The van der Waals surface area contributed by atoms with Gasteiger partial charge in [0.15, 0.2) is 0 Å². The zero-order valence-corrected chi connectivity index (χ0v) is 20.6. The number of aliphatic carboxylic acids is 1. The van der Waals surface area contributed by atoms with Gasteiger partial charge in [-0.05, 0) is 54.9 Å². The quantitative estimate of drug-likeness (QED) is 0.568. The van der Waals surface area contributed by atoms with Gasteiger partial charge in [0.05, 0.1) is 0 Å². The number of rotatable bonds is 8. The van der Waals surface area contributed by atoms with E-state index >= 15 is 0 Å². The Hall–Kier alpha value is -3.35. The van der Waals surface area contributed by atoms with Gasteiger partial charge in [-0.3, -0.25) is 4.79 Å². The lowest BCUT2D eigenvalue weighted by molar-refractivity contribution is -0.155. The van der Waals surface area contributed by atoms with Gasteiger partial charge in [-0.1, -0.05) is 61.4 Å². The standard InChI is InChI=1S/C28H34N2O5/c1-28(2,26(32)33)30(3)25(31)16-24(18-10-4-5-11-18)29-27(34)35-17-23-21-14-8-6-12-19(21)20-13-7-9-15-22(20)23/h6-9,12-15,18,23-24H,4-5,10-11,16-17H2,1-3H3,(H,29,34)(H,32,33). The van der Waals surface area contributed by atoms with Crippen LogP contribution in [-0.4, -0.2) is 53.2 Å². The number of alkyl carbamates (subject to hydrolysis) is 1. The number of hydrogen-bond acceptors (Lipinski definition) is 4. The summed E-state index contributed by atoms with van der Waals surface area (Å²) in [6, 6.07) is 15.9. The number of carboxylic acids is 1. The molecule has 7 nitrogen and oxygen atoms in total. The number of likely N-dealkylation sites (N-methyl/N-ethyl adjacent to an activating group) is 1. The molecular weight excluding hydrogens is 444 g/mol. The third kappa shape index (κ3) is 5.04. The van der Waals surface area contributed by atoms with E-state index in [0.717, 1.165) is 47.9 Å². The number of benzene rings is 2. The van der Waals surface area contributed by atoms with E-state index < -0.39 is 23.6 Å². The summed E-state index contributed by atoms with van der Waals surface area (Å²) in [5, 5.41) is 12.4. The Bertz CT molecular complexity index is 1060. The second-order valence-corrected chi connectivity index (χ2v) is 10.1. The van der Waals surface area contributed by atoms with Crippen molar-refractivity contribution < 1.29 is 24.2 Å². The van der Waals surface area contributed by atoms with Gasteiger partial charge in [-0.2, -0.15) is 0 Å². The lowest BCUT2D eigenvalue weighted by Crippen LogP contribution is -2.53. The topological polar surface area (TPSA) is 95.9 Å². The number of fused-ring (bicyclic) bond motifs is 3. The molecule has 0 heterocycles. The average molecular weight is 479 g/mol. The van der Waals surface area contributed by atoms with E-state index in [2.05, 4.69) is 29.6 Å². The van der Waals surface area contributed by atoms with Crippen molar-refractivity contribution in [2.75, 3.05) is 13.7 Å². The highest BCUT2D eigenvalue weighted by atomic mass is 16.5. The van der Waals surface area contributed by atoms with Crippen LogP contribution in [0.1, 0.15) is 63.0 Å². The van der Waals surface area contributed by atoms with Crippen molar-refractivity contribution in [3.8, 4) is 11.1 Å². The van der Waals surface area contributed by atoms with Gasteiger partial charge in [0.2, 0.25) is 5.91 Å². The molecule has 1 unspecified atom stereocenters. The highest BCUT2D eigenvalue weighted by Crippen LogP contribution is 2.44. The summed E-state index contributed by atoms with van der Waals surface area (Å²) in [6.07, 6.45) is 3.46. The minimum atomic E-state index is -1.33. The summed E-state index contributed by atoms with van der Waals surface area (Å²) < 4.78 is 5.71. The molecule has 0 aromatic heterocycles. The third-order valence-corrected chi connectivity index (χ3v) is 7.75. The number of carboxylic acid groups (broad SMARTS) is 1. The minimum absolute atomic E-state index is 0.0396. The van der Waals surface area contributed by atoms with Crippen LogP contribution in [0.3, 0.4) is 0 Å². The maximum Gasteiger partial charge on any atom is 0.407 e. The smallest absolute Gasteiger partial charge is 0.407 e. The Morgan fingerprint density at radius 2 is 1.57 bits per heavy atom. The number of carbonyl (C=O) groups excluding carboxylic acids is 2. The lowest BCUT2D eigenvalue weighted by atomic mass is 9.94. The Balaban J connectivity index is 1.43. The molecule has 7 heteroatoms. The van der Waals surface area contributed by atoms with E-state index in [1.54, 1.807) is 0 Å². The van der Waals surface area contributed by atoms with Crippen molar-refractivity contribution in [1.82, 2.24) is 10.2 Å². The monoisotopic (exact) mass is 478 g/mol. The lowest BCUT2D eigenvalue weighted by Gasteiger charge is -2.33. The van der Waals surface area contributed by atoms with Crippen LogP contribution < -0.4 is 5.32 Å². The first-order valence-electron chi connectivity index (χ1n) is 12.3. The van der Waals surface area contributed by atoms with Crippen molar-refractivity contribution in [3.05, 3.63) is 59.7 Å². The fraction of sp³-hybridized carbons (Fsp3) is 0.464. The molecule has 2 aliphatic rings. The molecular formula is C28H34N2O5. The second-order valence-electron chi connectivity index (χ2n) is 10.1. The van der Waals surface area contributed by atoms with E-state index in [4.69, 9.17) is 4.74 Å². The zero-order valence-electron chi connectivity index (χ0n) is 20.6. The molecule has 186 valence electrons. The molecule has 1 fully saturated rings.